The highest BCUT2D eigenvalue weighted by molar-refractivity contribution is 7.99. The van der Waals surface area contributed by atoms with Gasteiger partial charge in [-0.05, 0) is 36.4 Å². The highest BCUT2D eigenvalue weighted by Crippen LogP contribution is 2.21. The molecule has 10 heteroatoms. The van der Waals surface area contributed by atoms with E-state index in [0.717, 1.165) is 16.2 Å². The topological polar surface area (TPSA) is 104 Å². The molecule has 1 aliphatic rings. The highest BCUT2D eigenvalue weighted by atomic mass is 32.2. The molecule has 0 aliphatic carbocycles. The van der Waals surface area contributed by atoms with Crippen molar-refractivity contribution in [1.82, 2.24) is 9.80 Å². The van der Waals surface area contributed by atoms with Gasteiger partial charge >= 0.3 is 5.97 Å². The molecule has 1 aromatic heterocycles. The van der Waals surface area contributed by atoms with Crippen LogP contribution in [0.2, 0.25) is 0 Å². The Balaban J connectivity index is 1.43. The minimum atomic E-state index is -1.05. The second-order valence-electron chi connectivity index (χ2n) is 6.87. The van der Waals surface area contributed by atoms with Crippen LogP contribution in [0.1, 0.15) is 25.8 Å². The number of thiophene rings is 1. The number of rotatable bonds is 7. The molecular formula is C20H22FN3O4S2. The summed E-state index contributed by atoms with van der Waals surface area (Å²) in [5.74, 6) is -1.08. The van der Waals surface area contributed by atoms with Crippen molar-refractivity contribution in [3.63, 3.8) is 0 Å². The summed E-state index contributed by atoms with van der Waals surface area (Å²) in [6.45, 7) is 1.62. The Labute approximate surface area is 181 Å². The number of hydrogen-bond donors (Lipinski definition) is 2. The number of nitrogens with two attached hydrogens (primary N) is 1. The van der Waals surface area contributed by atoms with Crippen LogP contribution in [-0.2, 0) is 4.79 Å². The smallest absolute Gasteiger partial charge is 0.345 e. The zero-order valence-corrected chi connectivity index (χ0v) is 17.8. The number of benzene rings is 1. The Hall–Kier alpha value is -2.43. The lowest BCUT2D eigenvalue weighted by Crippen LogP contribution is -2.51. The lowest BCUT2D eigenvalue weighted by Gasteiger charge is -2.35. The summed E-state index contributed by atoms with van der Waals surface area (Å²) in [5.41, 5.74) is 6.08. The number of carbonyl (C=O) groups excluding carboxylic acids is 2. The van der Waals surface area contributed by atoms with E-state index < -0.39 is 5.97 Å². The van der Waals surface area contributed by atoms with E-state index in [-0.39, 0.29) is 35.0 Å². The minimum Gasteiger partial charge on any atom is -0.477 e. The quantitative estimate of drug-likeness (QED) is 0.627. The molecule has 0 saturated carbocycles. The predicted molar refractivity (Wildman–Crippen MR) is 113 cm³/mol. The standard InChI is InChI=1S/C20H22FN3O4S2/c21-13-1-3-15(4-2-13)29-12-14(22)11-18(25)23-7-9-24(10-8-23)19(26)16-5-6-17(30-16)20(27)28/h1-6,14H,7-12,22H2,(H,27,28)/t14-/m0/s1. The lowest BCUT2D eigenvalue weighted by molar-refractivity contribution is -0.132. The molecule has 2 heterocycles. The van der Waals surface area contributed by atoms with Gasteiger partial charge in [-0.1, -0.05) is 0 Å². The van der Waals surface area contributed by atoms with Crippen molar-refractivity contribution in [2.45, 2.75) is 17.4 Å². The summed E-state index contributed by atoms with van der Waals surface area (Å²) in [5, 5.41) is 8.99. The van der Waals surface area contributed by atoms with E-state index in [1.807, 2.05) is 0 Å². The number of hydrogen-bond acceptors (Lipinski definition) is 6. The molecule has 1 aromatic carbocycles. The third-order valence-corrected chi connectivity index (χ3v) is 6.92. The number of thioether (sulfide) groups is 1. The monoisotopic (exact) mass is 451 g/mol. The van der Waals surface area contributed by atoms with Gasteiger partial charge in [0.15, 0.2) is 0 Å². The molecule has 2 aromatic rings. The van der Waals surface area contributed by atoms with E-state index in [9.17, 15) is 18.8 Å². The van der Waals surface area contributed by atoms with Crippen molar-refractivity contribution >= 4 is 40.9 Å². The van der Waals surface area contributed by atoms with Crippen LogP contribution >= 0.6 is 23.1 Å². The maximum atomic E-state index is 12.9. The second-order valence-corrected chi connectivity index (χ2v) is 9.05. The average molecular weight is 452 g/mol. The molecule has 1 aliphatic heterocycles. The van der Waals surface area contributed by atoms with Crippen molar-refractivity contribution in [3.8, 4) is 0 Å². The third-order valence-electron chi connectivity index (χ3n) is 4.66. The molecule has 0 spiro atoms. The number of carboxylic acids is 1. The van der Waals surface area contributed by atoms with Gasteiger partial charge in [-0.15, -0.1) is 23.1 Å². The molecule has 1 atom stereocenters. The Kier molecular flexibility index (Phi) is 7.46. The number of piperazine rings is 1. The van der Waals surface area contributed by atoms with Gasteiger partial charge in [0, 0.05) is 49.3 Å². The zero-order valence-electron chi connectivity index (χ0n) is 16.1. The number of nitrogens with zero attached hydrogens (tertiary/aromatic N) is 2. The van der Waals surface area contributed by atoms with Crippen LogP contribution in [0.3, 0.4) is 0 Å². The summed E-state index contributed by atoms with van der Waals surface area (Å²) < 4.78 is 12.9. The fourth-order valence-corrected chi connectivity index (χ4v) is 4.69. The van der Waals surface area contributed by atoms with Gasteiger partial charge in [0.1, 0.15) is 10.7 Å². The molecule has 160 valence electrons. The van der Waals surface area contributed by atoms with E-state index in [1.165, 1.54) is 36.0 Å². The van der Waals surface area contributed by atoms with Crippen molar-refractivity contribution < 1.29 is 23.9 Å². The molecule has 0 unspecified atom stereocenters. The van der Waals surface area contributed by atoms with E-state index in [2.05, 4.69) is 0 Å². The van der Waals surface area contributed by atoms with E-state index >= 15 is 0 Å². The largest absolute Gasteiger partial charge is 0.477 e. The Bertz CT molecular complexity index is 911. The lowest BCUT2D eigenvalue weighted by atomic mass is 10.2. The third kappa shape index (κ3) is 5.80. The fraction of sp³-hybridized carbons (Fsp3) is 0.350. The van der Waals surface area contributed by atoms with Crippen LogP contribution in [-0.4, -0.2) is 70.7 Å². The van der Waals surface area contributed by atoms with Crippen molar-refractivity contribution in [1.29, 1.82) is 0 Å². The van der Waals surface area contributed by atoms with Gasteiger partial charge in [-0.3, -0.25) is 9.59 Å². The summed E-state index contributed by atoms with van der Waals surface area (Å²) in [6.07, 6.45) is 0.203. The van der Waals surface area contributed by atoms with Gasteiger partial charge < -0.3 is 20.6 Å². The number of halogens is 1. The Morgan fingerprint density at radius 2 is 1.63 bits per heavy atom. The maximum absolute atomic E-state index is 12.9. The highest BCUT2D eigenvalue weighted by Gasteiger charge is 2.26. The SMILES string of the molecule is N[C@H](CSc1ccc(F)cc1)CC(=O)N1CCN(C(=O)c2ccc(C(=O)O)s2)CC1. The predicted octanol–water partition coefficient (Wildman–Crippen LogP) is 2.38. The first-order valence-electron chi connectivity index (χ1n) is 9.37. The molecule has 3 N–H and O–H groups in total. The Morgan fingerprint density at radius 3 is 2.23 bits per heavy atom. The molecule has 2 amide bonds. The zero-order chi connectivity index (χ0) is 21.7. The molecule has 7 nitrogen and oxygen atoms in total. The molecule has 1 saturated heterocycles. The van der Waals surface area contributed by atoms with Crippen molar-refractivity contribution in [2.24, 2.45) is 5.73 Å². The molecule has 30 heavy (non-hydrogen) atoms. The van der Waals surface area contributed by atoms with Gasteiger partial charge in [0.2, 0.25) is 5.91 Å². The van der Waals surface area contributed by atoms with E-state index in [0.29, 0.717) is 36.8 Å². The number of carbonyl (C=O) groups is 3. The molecular weight excluding hydrogens is 429 g/mol. The summed E-state index contributed by atoms with van der Waals surface area (Å²) in [7, 11) is 0. The van der Waals surface area contributed by atoms with Crippen LogP contribution in [0.4, 0.5) is 4.39 Å². The average Bonchev–Trinajstić information content (AvgIpc) is 3.23. The normalized spacial score (nSPS) is 15.1. The van der Waals surface area contributed by atoms with Crippen LogP contribution in [0.25, 0.3) is 0 Å². The first kappa shape index (κ1) is 22.3. The van der Waals surface area contributed by atoms with Crippen LogP contribution in [0.5, 0.6) is 0 Å². The number of carboxylic acid groups (broad SMARTS) is 1. The van der Waals surface area contributed by atoms with Crippen LogP contribution in [0.15, 0.2) is 41.3 Å². The van der Waals surface area contributed by atoms with E-state index in [4.69, 9.17) is 10.8 Å². The van der Waals surface area contributed by atoms with Crippen molar-refractivity contribution in [3.05, 3.63) is 52.0 Å². The van der Waals surface area contributed by atoms with Crippen LogP contribution in [0, 0.1) is 5.82 Å². The maximum Gasteiger partial charge on any atom is 0.345 e. The molecule has 1 fully saturated rings. The van der Waals surface area contributed by atoms with Gasteiger partial charge in [0.05, 0.1) is 4.88 Å². The number of amides is 2. The summed E-state index contributed by atoms with van der Waals surface area (Å²) >= 11 is 2.43. The molecule has 0 radical (unpaired) electrons. The van der Waals surface area contributed by atoms with Gasteiger partial charge in [0.25, 0.3) is 5.91 Å². The molecule has 3 rings (SSSR count). The van der Waals surface area contributed by atoms with Crippen molar-refractivity contribution in [2.75, 3.05) is 31.9 Å². The summed E-state index contributed by atoms with van der Waals surface area (Å²) in [4.78, 5) is 40.7. The van der Waals surface area contributed by atoms with Crippen LogP contribution < -0.4 is 5.73 Å². The minimum absolute atomic E-state index is 0.0569. The van der Waals surface area contributed by atoms with Gasteiger partial charge in [-0.2, -0.15) is 0 Å². The molecule has 0 bridgehead atoms. The fourth-order valence-electron chi connectivity index (χ4n) is 3.03. The Morgan fingerprint density at radius 1 is 1.03 bits per heavy atom. The second kappa shape index (κ2) is 10.1. The first-order valence-corrected chi connectivity index (χ1v) is 11.2. The number of aromatic carboxylic acids is 1. The first-order chi connectivity index (χ1) is 14.3. The summed E-state index contributed by atoms with van der Waals surface area (Å²) in [6, 6.07) is 8.75. The van der Waals surface area contributed by atoms with Gasteiger partial charge in [-0.25, -0.2) is 9.18 Å². The van der Waals surface area contributed by atoms with E-state index in [1.54, 1.807) is 21.9 Å².